The average molecular weight is 488 g/mol. The van der Waals surface area contributed by atoms with E-state index in [0.717, 1.165) is 42.3 Å². The second-order valence-electron chi connectivity index (χ2n) is 8.85. The molecular weight excluding hydrogens is 454 g/mol. The lowest BCUT2D eigenvalue weighted by molar-refractivity contribution is -0.131. The largest absolute Gasteiger partial charge is 0.497 e. The number of aryl methyl sites for hydroxylation is 1. The van der Waals surface area contributed by atoms with Crippen LogP contribution in [0.1, 0.15) is 18.4 Å². The lowest BCUT2D eigenvalue weighted by Gasteiger charge is -2.22. The minimum absolute atomic E-state index is 0.0639. The number of anilines is 1. The first-order valence-electron chi connectivity index (χ1n) is 12.3. The molecule has 0 bridgehead atoms. The highest BCUT2D eigenvalue weighted by atomic mass is 16.5. The standard InChI is InChI=1S/C29H33N3O4/c1-35-25-13-8-23(9-14-25)10-17-29(34)32-19-5-18-31(20-21-32)22-28(33)30-24-11-15-27(16-12-24)36-26-6-3-2-4-7-26/h2-4,6-9,11-16H,5,10,17-22H2,1H3,(H,30,33). The van der Waals surface area contributed by atoms with Crippen molar-refractivity contribution in [1.82, 2.24) is 9.80 Å². The Morgan fingerprint density at radius 2 is 1.50 bits per heavy atom. The van der Waals surface area contributed by atoms with Crippen LogP contribution in [0.25, 0.3) is 0 Å². The van der Waals surface area contributed by atoms with E-state index in [0.29, 0.717) is 38.2 Å². The maximum absolute atomic E-state index is 12.8. The summed E-state index contributed by atoms with van der Waals surface area (Å²) in [7, 11) is 1.64. The van der Waals surface area contributed by atoms with Gasteiger partial charge in [-0.25, -0.2) is 0 Å². The summed E-state index contributed by atoms with van der Waals surface area (Å²) in [5.41, 5.74) is 1.85. The van der Waals surface area contributed by atoms with Crippen molar-refractivity contribution in [2.45, 2.75) is 19.3 Å². The normalized spacial score (nSPS) is 14.1. The van der Waals surface area contributed by atoms with Gasteiger partial charge in [-0.3, -0.25) is 14.5 Å². The molecule has 4 rings (SSSR count). The molecule has 1 aliphatic heterocycles. The van der Waals surface area contributed by atoms with E-state index in [1.807, 2.05) is 83.8 Å². The van der Waals surface area contributed by atoms with Gasteiger partial charge in [0.2, 0.25) is 11.8 Å². The van der Waals surface area contributed by atoms with Gasteiger partial charge in [-0.2, -0.15) is 0 Å². The van der Waals surface area contributed by atoms with Crippen LogP contribution in [0.15, 0.2) is 78.9 Å². The first-order valence-corrected chi connectivity index (χ1v) is 12.3. The van der Waals surface area contributed by atoms with E-state index in [1.54, 1.807) is 7.11 Å². The quantitative estimate of drug-likeness (QED) is 0.478. The van der Waals surface area contributed by atoms with Crippen LogP contribution in [0.2, 0.25) is 0 Å². The highest BCUT2D eigenvalue weighted by Crippen LogP contribution is 2.22. The molecule has 2 amide bonds. The number of nitrogens with one attached hydrogen (secondary N) is 1. The Morgan fingerprint density at radius 1 is 0.806 bits per heavy atom. The number of nitrogens with zero attached hydrogens (tertiary/aromatic N) is 2. The Hall–Kier alpha value is -3.84. The summed E-state index contributed by atoms with van der Waals surface area (Å²) in [4.78, 5) is 29.4. The fraction of sp³-hybridized carbons (Fsp3) is 0.310. The molecular formula is C29H33N3O4. The number of ether oxygens (including phenoxy) is 2. The highest BCUT2D eigenvalue weighted by molar-refractivity contribution is 5.92. The molecule has 1 aliphatic rings. The summed E-state index contributed by atoms with van der Waals surface area (Å²) in [5.74, 6) is 2.39. The summed E-state index contributed by atoms with van der Waals surface area (Å²) < 4.78 is 11.0. The van der Waals surface area contributed by atoms with Gasteiger partial charge < -0.3 is 19.7 Å². The van der Waals surface area contributed by atoms with E-state index in [-0.39, 0.29) is 11.8 Å². The van der Waals surface area contributed by atoms with Crippen LogP contribution in [0.5, 0.6) is 17.2 Å². The number of rotatable bonds is 9. The first-order chi connectivity index (χ1) is 17.6. The zero-order valence-electron chi connectivity index (χ0n) is 20.7. The molecule has 188 valence electrons. The van der Waals surface area contributed by atoms with Crippen molar-refractivity contribution in [3.05, 3.63) is 84.4 Å². The van der Waals surface area contributed by atoms with Crippen LogP contribution in [-0.4, -0.2) is 61.4 Å². The van der Waals surface area contributed by atoms with E-state index >= 15 is 0 Å². The molecule has 7 nitrogen and oxygen atoms in total. The van der Waals surface area contributed by atoms with Crippen LogP contribution >= 0.6 is 0 Å². The van der Waals surface area contributed by atoms with Crippen LogP contribution < -0.4 is 14.8 Å². The van der Waals surface area contributed by atoms with Crippen LogP contribution in [0, 0.1) is 0 Å². The van der Waals surface area contributed by atoms with E-state index in [2.05, 4.69) is 10.2 Å². The fourth-order valence-electron chi connectivity index (χ4n) is 4.21. The van der Waals surface area contributed by atoms with Gasteiger partial charge in [-0.15, -0.1) is 0 Å². The number of hydrogen-bond donors (Lipinski definition) is 1. The molecule has 36 heavy (non-hydrogen) atoms. The fourth-order valence-corrected chi connectivity index (χ4v) is 4.21. The summed E-state index contributed by atoms with van der Waals surface area (Å²) in [5, 5.41) is 2.96. The third-order valence-electron chi connectivity index (χ3n) is 6.21. The zero-order chi connectivity index (χ0) is 25.2. The molecule has 1 N–H and O–H groups in total. The summed E-state index contributed by atoms with van der Waals surface area (Å²) in [6.45, 7) is 3.14. The van der Waals surface area contributed by atoms with Crippen molar-refractivity contribution >= 4 is 17.5 Å². The molecule has 0 radical (unpaired) electrons. The third-order valence-corrected chi connectivity index (χ3v) is 6.21. The van der Waals surface area contributed by atoms with Crippen molar-refractivity contribution in [2.75, 3.05) is 45.2 Å². The predicted octanol–water partition coefficient (Wildman–Crippen LogP) is 4.59. The number of benzene rings is 3. The van der Waals surface area contributed by atoms with Crippen molar-refractivity contribution in [3.8, 4) is 17.2 Å². The lowest BCUT2D eigenvalue weighted by atomic mass is 10.1. The zero-order valence-corrected chi connectivity index (χ0v) is 20.7. The minimum Gasteiger partial charge on any atom is -0.497 e. The van der Waals surface area contributed by atoms with E-state index < -0.39 is 0 Å². The monoisotopic (exact) mass is 487 g/mol. The Morgan fingerprint density at radius 3 is 2.22 bits per heavy atom. The summed E-state index contributed by atoms with van der Waals surface area (Å²) >= 11 is 0. The van der Waals surface area contributed by atoms with Gasteiger partial charge in [0.1, 0.15) is 17.2 Å². The van der Waals surface area contributed by atoms with Crippen molar-refractivity contribution in [2.24, 2.45) is 0 Å². The molecule has 0 spiro atoms. The SMILES string of the molecule is COc1ccc(CCC(=O)N2CCCN(CC(=O)Nc3ccc(Oc4ccccc4)cc3)CC2)cc1. The molecule has 0 saturated carbocycles. The van der Waals surface area contributed by atoms with Crippen LogP contribution in [0.4, 0.5) is 5.69 Å². The van der Waals surface area contributed by atoms with Gasteiger partial charge in [0.15, 0.2) is 0 Å². The molecule has 0 unspecified atom stereocenters. The number of para-hydroxylation sites is 1. The van der Waals surface area contributed by atoms with Gasteiger partial charge in [0.25, 0.3) is 0 Å². The third kappa shape index (κ3) is 7.58. The van der Waals surface area contributed by atoms with Crippen molar-refractivity contribution in [3.63, 3.8) is 0 Å². The van der Waals surface area contributed by atoms with Gasteiger partial charge in [-0.1, -0.05) is 30.3 Å². The second kappa shape index (κ2) is 12.7. The van der Waals surface area contributed by atoms with Crippen LogP contribution in [0.3, 0.4) is 0 Å². The molecule has 1 heterocycles. The highest BCUT2D eigenvalue weighted by Gasteiger charge is 2.20. The van der Waals surface area contributed by atoms with Gasteiger partial charge in [0.05, 0.1) is 13.7 Å². The number of methoxy groups -OCH3 is 1. The van der Waals surface area contributed by atoms with Gasteiger partial charge in [0, 0.05) is 38.3 Å². The Balaban J connectivity index is 1.19. The second-order valence-corrected chi connectivity index (χ2v) is 8.85. The van der Waals surface area contributed by atoms with Crippen molar-refractivity contribution in [1.29, 1.82) is 0 Å². The topological polar surface area (TPSA) is 71.1 Å². The molecule has 1 saturated heterocycles. The average Bonchev–Trinajstić information content (AvgIpc) is 3.15. The molecule has 0 atom stereocenters. The summed E-state index contributed by atoms with van der Waals surface area (Å²) in [6, 6.07) is 24.8. The first kappa shape index (κ1) is 25.3. The predicted molar refractivity (Wildman–Crippen MR) is 141 cm³/mol. The maximum atomic E-state index is 12.8. The number of carbonyl (C=O) groups excluding carboxylic acids is 2. The smallest absolute Gasteiger partial charge is 0.238 e. The van der Waals surface area contributed by atoms with E-state index in [1.165, 1.54) is 0 Å². The Labute approximate surface area is 212 Å². The van der Waals surface area contributed by atoms with Crippen molar-refractivity contribution < 1.29 is 19.1 Å². The lowest BCUT2D eigenvalue weighted by Crippen LogP contribution is -2.38. The van der Waals surface area contributed by atoms with E-state index in [9.17, 15) is 9.59 Å². The molecule has 1 fully saturated rings. The number of carbonyl (C=O) groups is 2. The maximum Gasteiger partial charge on any atom is 0.238 e. The molecule has 3 aromatic carbocycles. The van der Waals surface area contributed by atoms with Crippen LogP contribution in [-0.2, 0) is 16.0 Å². The van der Waals surface area contributed by atoms with Gasteiger partial charge in [-0.05, 0) is 66.9 Å². The molecule has 0 aromatic heterocycles. The number of hydrogen-bond acceptors (Lipinski definition) is 5. The minimum atomic E-state index is -0.0639. The van der Waals surface area contributed by atoms with Gasteiger partial charge >= 0.3 is 0 Å². The molecule has 7 heteroatoms. The molecule has 3 aromatic rings. The summed E-state index contributed by atoms with van der Waals surface area (Å²) in [6.07, 6.45) is 2.05. The van der Waals surface area contributed by atoms with E-state index in [4.69, 9.17) is 9.47 Å². The Kier molecular flexibility index (Phi) is 8.94. The number of amides is 2. The Bertz CT molecular complexity index is 1120. The molecule has 0 aliphatic carbocycles.